The lowest BCUT2D eigenvalue weighted by Gasteiger charge is -2.86. The lowest BCUT2D eigenvalue weighted by atomic mass is 10.2. The highest BCUT2D eigenvalue weighted by Gasteiger charge is 2.90. The predicted octanol–water partition coefficient (Wildman–Crippen LogP) is 13.7. The molecule has 0 aromatic heterocycles. The molecule has 10 heteroatoms. The predicted molar refractivity (Wildman–Crippen MR) is 246 cm³/mol. The van der Waals surface area contributed by atoms with Crippen LogP contribution in [0.1, 0.15) is 125 Å². The molecule has 0 aliphatic carbocycles. The minimum Gasteiger partial charge on any atom is -0.0713 e. The molecule has 1 aliphatic rings. The third-order valence-corrected chi connectivity index (χ3v) is 309. The molecular formula is C36H90Si10. The van der Waals surface area contributed by atoms with E-state index in [1.54, 1.807) is 0 Å². The summed E-state index contributed by atoms with van der Waals surface area (Å²) in [6, 6.07) is 0. The highest BCUT2D eigenvalue weighted by molar-refractivity contribution is 8.40. The molecule has 0 amide bonds. The van der Waals surface area contributed by atoms with Gasteiger partial charge in [0.05, 0.1) is 15.2 Å². The van der Waals surface area contributed by atoms with Crippen molar-refractivity contribution in [3.63, 3.8) is 0 Å². The van der Waals surface area contributed by atoms with Gasteiger partial charge in [0.15, 0.2) is 0 Å². The van der Waals surface area contributed by atoms with Crippen molar-refractivity contribution in [3.8, 4) is 0 Å². The molecule has 0 aromatic rings. The summed E-state index contributed by atoms with van der Waals surface area (Å²) in [5.74, 6) is 0. The summed E-state index contributed by atoms with van der Waals surface area (Å²) in [5, 5.41) is 2.77. The van der Waals surface area contributed by atoms with E-state index in [0.717, 1.165) is 0 Å². The largest absolute Gasteiger partial charge is 0.0713 e. The van der Waals surface area contributed by atoms with E-state index in [4.69, 9.17) is 0 Å². The van der Waals surface area contributed by atoms with Gasteiger partial charge in [-0.3, -0.25) is 0 Å². The van der Waals surface area contributed by atoms with Crippen LogP contribution in [-0.2, 0) is 0 Å². The van der Waals surface area contributed by atoms with E-state index in [9.17, 15) is 0 Å². The monoisotopic (exact) mass is 802 g/mol. The van der Waals surface area contributed by atoms with E-state index >= 15 is 0 Å². The highest BCUT2D eigenvalue weighted by atomic mass is 30.6. The molecule has 1 rings (SSSR count). The molecule has 0 bridgehead atoms. The first kappa shape index (κ1) is 46.2. The minimum absolute atomic E-state index is 0.455. The molecule has 0 unspecified atom stereocenters. The Morgan fingerprint density at radius 1 is 0.261 bits per heavy atom. The van der Waals surface area contributed by atoms with Crippen molar-refractivity contribution < 1.29 is 0 Å². The first-order valence-electron chi connectivity index (χ1n) is 19.0. The fraction of sp³-hybridized carbons (Fsp3) is 1.00. The van der Waals surface area contributed by atoms with Gasteiger partial charge in [-0.15, -0.1) is 0 Å². The Kier molecular flexibility index (Phi) is 11.9. The van der Waals surface area contributed by atoms with Crippen molar-refractivity contribution in [1.82, 2.24) is 0 Å². The second kappa shape index (κ2) is 11.8. The molecule has 0 fully saturated rings. The van der Waals surface area contributed by atoms with Gasteiger partial charge in [-0.1, -0.05) is 203 Å². The molecule has 1 heterocycles. The van der Waals surface area contributed by atoms with Crippen molar-refractivity contribution in [2.24, 2.45) is 0 Å². The van der Waals surface area contributed by atoms with Crippen LogP contribution >= 0.6 is 0 Å². The van der Waals surface area contributed by atoms with Crippen LogP contribution in [-0.4, -0.2) is 71.7 Å². The first-order valence-corrected chi connectivity index (χ1v) is 54.0. The van der Waals surface area contributed by atoms with Gasteiger partial charge < -0.3 is 0 Å². The van der Waals surface area contributed by atoms with E-state index in [2.05, 4.69) is 203 Å². The Morgan fingerprint density at radius 2 is 0.391 bits per heavy atom. The van der Waals surface area contributed by atoms with Gasteiger partial charge in [0.2, 0.25) is 0 Å². The van der Waals surface area contributed by atoms with Gasteiger partial charge >= 0.3 is 0 Å². The lowest BCUT2D eigenvalue weighted by Crippen LogP contribution is -3.16. The van der Waals surface area contributed by atoms with E-state index in [-0.39, 0.29) is 0 Å². The summed E-state index contributed by atoms with van der Waals surface area (Å²) in [6.45, 7) is 86.4. The third-order valence-electron chi connectivity index (χ3n) is 17.8. The zero-order chi connectivity index (χ0) is 38.2. The van der Waals surface area contributed by atoms with Crippen LogP contribution in [0.2, 0.25) is 109 Å². The molecule has 1 aliphatic heterocycles. The molecule has 0 radical (unpaired) electrons. The van der Waals surface area contributed by atoms with Gasteiger partial charge in [-0.05, 0) is 44.1 Å². The summed E-state index contributed by atoms with van der Waals surface area (Å²) in [7, 11) is -10.5. The smallest absolute Gasteiger partial charge is 0.0546 e. The second-order valence-corrected chi connectivity index (χ2v) is 135. The molecule has 0 spiro atoms. The molecule has 0 nitrogen and oxygen atoms in total. The summed E-state index contributed by atoms with van der Waals surface area (Å²) in [6.07, 6.45) is -3.76. The van der Waals surface area contributed by atoms with Crippen LogP contribution in [0.15, 0.2) is 0 Å². The standard InChI is InChI=1S/C36H90Si10/c1-31(2,3)39(19,20)37-38(40(21,22)32(4,5)6)46(43(27,28)35(13,14)15,44(29,30)36(16,17)18)45(37,41(23,24)33(7,8)9)42(25,26)34(10,11)12/h1-30H3. The maximum Gasteiger partial charge on any atom is 0.0546 e. The zero-order valence-corrected chi connectivity index (χ0v) is 48.0. The Bertz CT molecular complexity index is 1040. The van der Waals surface area contributed by atoms with Gasteiger partial charge in [0.25, 0.3) is 0 Å². The van der Waals surface area contributed by atoms with Crippen LogP contribution in [0, 0.1) is 0 Å². The van der Waals surface area contributed by atoms with Gasteiger partial charge in [0.1, 0.15) is 0 Å². The number of rotatable bonds is 6. The SMILES string of the molecule is CC(C)(C)[Si](C)(C)[Si]1=[Si]([Si](C)(C)C(C)(C)C)[Si]([Si](C)(C)C(C)(C)C)([Si](C)(C)C(C)(C)C)[Si]1([Si](C)(C)C(C)(C)C)[Si](C)(C)C(C)(C)C. The molecular weight excluding hydrogens is 713 g/mol. The average Bonchev–Trinajstić information content (AvgIpc) is 2.67. The van der Waals surface area contributed by atoms with Crippen molar-refractivity contribution in [1.29, 1.82) is 0 Å². The van der Waals surface area contributed by atoms with Gasteiger partial charge in [0, 0.05) is 42.7 Å². The Morgan fingerprint density at radius 3 is 0.478 bits per heavy atom. The van der Waals surface area contributed by atoms with Crippen LogP contribution in [0.5, 0.6) is 0 Å². The van der Waals surface area contributed by atoms with Gasteiger partial charge in [-0.2, -0.15) is 0 Å². The molecule has 0 atom stereocenters. The van der Waals surface area contributed by atoms with Crippen molar-refractivity contribution in [3.05, 3.63) is 0 Å². The summed E-state index contributed by atoms with van der Waals surface area (Å²) in [5.41, 5.74) is 0. The van der Waals surface area contributed by atoms with E-state index in [0.29, 0.717) is 30.2 Å². The quantitative estimate of drug-likeness (QED) is 0.235. The van der Waals surface area contributed by atoms with Gasteiger partial charge in [-0.25, -0.2) is 0 Å². The van der Waals surface area contributed by atoms with E-state index in [1.807, 2.05) is 0 Å². The van der Waals surface area contributed by atoms with Crippen LogP contribution in [0.4, 0.5) is 0 Å². The Balaban J connectivity index is 5.70. The van der Waals surface area contributed by atoms with Crippen molar-refractivity contribution >= 4 is 71.7 Å². The van der Waals surface area contributed by atoms with Crippen LogP contribution in [0.3, 0.4) is 0 Å². The van der Waals surface area contributed by atoms with Crippen molar-refractivity contribution in [2.45, 2.75) is 233 Å². The Hall–Kier alpha value is 2.17. The van der Waals surface area contributed by atoms with Crippen molar-refractivity contribution in [2.75, 3.05) is 0 Å². The maximum atomic E-state index is 3.13. The zero-order valence-electron chi connectivity index (χ0n) is 38.0. The maximum absolute atomic E-state index is 3.13. The fourth-order valence-electron chi connectivity index (χ4n) is 9.94. The Labute approximate surface area is 303 Å². The summed E-state index contributed by atoms with van der Waals surface area (Å²) >= 11 is 0. The second-order valence-electron chi connectivity index (χ2n) is 25.5. The summed E-state index contributed by atoms with van der Waals surface area (Å²) in [4.78, 5) is 0. The third kappa shape index (κ3) is 5.65. The van der Waals surface area contributed by atoms with Crippen LogP contribution < -0.4 is 0 Å². The minimum atomic E-state index is -1.88. The van der Waals surface area contributed by atoms with E-state index in [1.165, 1.54) is 0 Å². The van der Waals surface area contributed by atoms with Crippen LogP contribution in [0.25, 0.3) is 0 Å². The lowest BCUT2D eigenvalue weighted by molar-refractivity contribution is 0.722. The number of hydrogen-bond donors (Lipinski definition) is 0. The van der Waals surface area contributed by atoms with E-state index < -0.39 is 71.7 Å². The molecule has 0 N–H and O–H groups in total. The summed E-state index contributed by atoms with van der Waals surface area (Å²) < 4.78 is 0. The topological polar surface area (TPSA) is 0 Å². The molecule has 0 aromatic carbocycles. The highest BCUT2D eigenvalue weighted by Crippen LogP contribution is 2.68. The molecule has 46 heavy (non-hydrogen) atoms. The number of hydrogen-bond acceptors (Lipinski definition) is 0. The molecule has 0 saturated heterocycles. The molecule has 274 valence electrons. The normalized spacial score (nSPS) is 20.2. The molecule has 0 saturated carbocycles. The fourth-order valence-corrected chi connectivity index (χ4v) is 660. The average molecular weight is 804 g/mol. The first-order chi connectivity index (χ1) is 19.2.